The van der Waals surface area contributed by atoms with Gasteiger partial charge in [0.1, 0.15) is 11.6 Å². The summed E-state index contributed by atoms with van der Waals surface area (Å²) in [5, 5.41) is 0. The summed E-state index contributed by atoms with van der Waals surface area (Å²) in [6.45, 7) is 7.73. The number of rotatable bonds is 5. The predicted molar refractivity (Wildman–Crippen MR) is 91.8 cm³/mol. The zero-order valence-electron chi connectivity index (χ0n) is 14.1. The van der Waals surface area contributed by atoms with E-state index in [1.165, 1.54) is 0 Å². The Bertz CT molecular complexity index is 800. The first kappa shape index (κ1) is 18.4. The van der Waals surface area contributed by atoms with Crippen LogP contribution in [0.5, 0.6) is 0 Å². The summed E-state index contributed by atoms with van der Waals surface area (Å²) in [5.74, 6) is -2.13. The van der Waals surface area contributed by atoms with Crippen LogP contribution in [-0.2, 0) is 10.0 Å². The standard InChI is InChI=1S/C18H21F2NO2S/c1-11(2)13-7-5-8-14(12(3)4)17(13)21-24(22,23)18-15(19)9-6-10-16(18)20/h5-12,21H,1-4H3. The highest BCUT2D eigenvalue weighted by Gasteiger charge is 2.26. The fourth-order valence-corrected chi connectivity index (χ4v) is 3.85. The highest BCUT2D eigenvalue weighted by Crippen LogP contribution is 2.34. The second kappa shape index (κ2) is 6.89. The molecule has 0 unspecified atom stereocenters. The number of halogens is 2. The molecule has 0 bridgehead atoms. The molecule has 0 saturated carbocycles. The van der Waals surface area contributed by atoms with Crippen molar-refractivity contribution >= 4 is 15.7 Å². The molecule has 0 atom stereocenters. The summed E-state index contributed by atoms with van der Waals surface area (Å²) >= 11 is 0. The van der Waals surface area contributed by atoms with Gasteiger partial charge in [-0.1, -0.05) is 52.0 Å². The summed E-state index contributed by atoms with van der Waals surface area (Å²) in [7, 11) is -4.39. The number of hydrogen-bond donors (Lipinski definition) is 1. The maximum atomic E-state index is 13.9. The van der Waals surface area contributed by atoms with Crippen molar-refractivity contribution < 1.29 is 17.2 Å². The van der Waals surface area contributed by atoms with Gasteiger partial charge in [-0.05, 0) is 35.1 Å². The van der Waals surface area contributed by atoms with Crippen molar-refractivity contribution in [3.05, 3.63) is 59.2 Å². The Labute approximate surface area is 141 Å². The molecule has 0 aliphatic heterocycles. The quantitative estimate of drug-likeness (QED) is 0.821. The Balaban J connectivity index is 2.62. The van der Waals surface area contributed by atoms with Gasteiger partial charge in [0.2, 0.25) is 0 Å². The lowest BCUT2D eigenvalue weighted by Gasteiger charge is -2.21. The molecule has 2 aromatic carbocycles. The van der Waals surface area contributed by atoms with Crippen LogP contribution in [0, 0.1) is 11.6 Å². The molecule has 0 radical (unpaired) electrons. The van der Waals surface area contributed by atoms with Crippen molar-refractivity contribution in [2.24, 2.45) is 0 Å². The van der Waals surface area contributed by atoms with Gasteiger partial charge in [-0.3, -0.25) is 4.72 Å². The minimum Gasteiger partial charge on any atom is -0.279 e. The van der Waals surface area contributed by atoms with Crippen LogP contribution in [0.4, 0.5) is 14.5 Å². The smallest absolute Gasteiger partial charge is 0.267 e. The van der Waals surface area contributed by atoms with Crippen LogP contribution < -0.4 is 4.72 Å². The van der Waals surface area contributed by atoms with Crippen molar-refractivity contribution in [1.29, 1.82) is 0 Å². The molecule has 1 N–H and O–H groups in total. The molecule has 0 fully saturated rings. The molecule has 0 aliphatic rings. The van der Waals surface area contributed by atoms with Crippen molar-refractivity contribution in [3.63, 3.8) is 0 Å². The molecule has 2 aromatic rings. The van der Waals surface area contributed by atoms with E-state index in [2.05, 4.69) is 4.72 Å². The number of hydrogen-bond acceptors (Lipinski definition) is 2. The van der Waals surface area contributed by atoms with Gasteiger partial charge in [0.05, 0.1) is 5.69 Å². The molecule has 0 heterocycles. The van der Waals surface area contributed by atoms with Gasteiger partial charge in [0, 0.05) is 0 Å². The van der Waals surface area contributed by atoms with Crippen LogP contribution in [0.3, 0.4) is 0 Å². The van der Waals surface area contributed by atoms with Gasteiger partial charge >= 0.3 is 0 Å². The molecule has 2 rings (SSSR count). The average Bonchev–Trinajstić information content (AvgIpc) is 2.45. The zero-order chi connectivity index (χ0) is 18.1. The molecular weight excluding hydrogens is 332 g/mol. The van der Waals surface area contributed by atoms with Gasteiger partial charge in [0.15, 0.2) is 4.90 Å². The number of para-hydroxylation sites is 1. The van der Waals surface area contributed by atoms with Gasteiger partial charge in [-0.25, -0.2) is 17.2 Å². The number of nitrogens with one attached hydrogen (secondary N) is 1. The Morgan fingerprint density at radius 3 is 1.67 bits per heavy atom. The summed E-state index contributed by atoms with van der Waals surface area (Å²) in [4.78, 5) is -0.960. The van der Waals surface area contributed by atoms with Gasteiger partial charge in [-0.15, -0.1) is 0 Å². The number of anilines is 1. The van der Waals surface area contributed by atoms with Crippen molar-refractivity contribution in [3.8, 4) is 0 Å². The third-order valence-electron chi connectivity index (χ3n) is 3.80. The Morgan fingerprint density at radius 2 is 1.25 bits per heavy atom. The van der Waals surface area contributed by atoms with Crippen LogP contribution >= 0.6 is 0 Å². The van der Waals surface area contributed by atoms with E-state index in [-0.39, 0.29) is 11.8 Å². The first-order valence-corrected chi connectivity index (χ1v) is 9.23. The highest BCUT2D eigenvalue weighted by molar-refractivity contribution is 7.92. The van der Waals surface area contributed by atoms with E-state index in [9.17, 15) is 17.2 Å². The predicted octanol–water partition coefficient (Wildman–Crippen LogP) is 5.01. The van der Waals surface area contributed by atoms with E-state index in [4.69, 9.17) is 0 Å². The van der Waals surface area contributed by atoms with Crippen LogP contribution in [0.1, 0.15) is 50.7 Å². The topological polar surface area (TPSA) is 46.2 Å². The molecule has 0 aliphatic carbocycles. The van der Waals surface area contributed by atoms with Crippen LogP contribution in [-0.4, -0.2) is 8.42 Å². The maximum absolute atomic E-state index is 13.9. The molecule has 3 nitrogen and oxygen atoms in total. The first-order chi connectivity index (χ1) is 11.1. The average molecular weight is 353 g/mol. The van der Waals surface area contributed by atoms with E-state index in [1.807, 2.05) is 45.9 Å². The third kappa shape index (κ3) is 3.59. The monoisotopic (exact) mass is 353 g/mol. The Morgan fingerprint density at radius 1 is 0.833 bits per heavy atom. The molecule has 6 heteroatoms. The Kier molecular flexibility index (Phi) is 5.28. The van der Waals surface area contributed by atoms with Crippen molar-refractivity contribution in [2.75, 3.05) is 4.72 Å². The minimum atomic E-state index is -4.39. The summed E-state index contributed by atoms with van der Waals surface area (Å²) < 4.78 is 55.4. The van der Waals surface area contributed by atoms with E-state index < -0.39 is 26.6 Å². The van der Waals surface area contributed by atoms with E-state index in [1.54, 1.807) is 0 Å². The maximum Gasteiger partial charge on any atom is 0.267 e. The normalized spacial score (nSPS) is 12.0. The van der Waals surface area contributed by atoms with Crippen molar-refractivity contribution in [1.82, 2.24) is 0 Å². The zero-order valence-corrected chi connectivity index (χ0v) is 14.9. The fraction of sp³-hybridized carbons (Fsp3) is 0.333. The van der Waals surface area contributed by atoms with Gasteiger partial charge in [0.25, 0.3) is 10.0 Å². The minimum absolute atomic E-state index is 0.0480. The van der Waals surface area contributed by atoms with Gasteiger partial charge in [-0.2, -0.15) is 0 Å². The lowest BCUT2D eigenvalue weighted by molar-refractivity contribution is 0.521. The fourth-order valence-electron chi connectivity index (χ4n) is 2.59. The molecular formula is C18H21F2NO2S. The largest absolute Gasteiger partial charge is 0.279 e. The molecule has 0 spiro atoms. The second-order valence-electron chi connectivity index (χ2n) is 6.28. The first-order valence-electron chi connectivity index (χ1n) is 7.74. The Hall–Kier alpha value is -1.95. The molecule has 0 aromatic heterocycles. The summed E-state index contributed by atoms with van der Waals surface area (Å²) in [6.07, 6.45) is 0. The number of benzene rings is 2. The van der Waals surface area contributed by atoms with Gasteiger partial charge < -0.3 is 0 Å². The molecule has 0 saturated heterocycles. The van der Waals surface area contributed by atoms with Crippen molar-refractivity contribution in [2.45, 2.75) is 44.4 Å². The SMILES string of the molecule is CC(C)c1cccc(C(C)C)c1NS(=O)(=O)c1c(F)cccc1F. The lowest BCUT2D eigenvalue weighted by Crippen LogP contribution is -2.19. The summed E-state index contributed by atoms with van der Waals surface area (Å²) in [5.41, 5.74) is 1.95. The molecule has 24 heavy (non-hydrogen) atoms. The van der Waals surface area contributed by atoms with E-state index >= 15 is 0 Å². The number of sulfonamides is 1. The van der Waals surface area contributed by atoms with E-state index in [0.29, 0.717) is 5.69 Å². The van der Waals surface area contributed by atoms with Crippen LogP contribution in [0.2, 0.25) is 0 Å². The third-order valence-corrected chi connectivity index (χ3v) is 5.20. The van der Waals surface area contributed by atoms with E-state index in [0.717, 1.165) is 29.3 Å². The second-order valence-corrected chi connectivity index (χ2v) is 7.90. The van der Waals surface area contributed by atoms with Crippen LogP contribution in [0.25, 0.3) is 0 Å². The van der Waals surface area contributed by atoms with Crippen LogP contribution in [0.15, 0.2) is 41.3 Å². The highest BCUT2D eigenvalue weighted by atomic mass is 32.2. The molecule has 130 valence electrons. The molecule has 0 amide bonds. The summed E-state index contributed by atoms with van der Waals surface area (Å²) in [6, 6.07) is 8.46. The lowest BCUT2D eigenvalue weighted by atomic mass is 9.93.